The maximum absolute atomic E-state index is 12.3. The summed E-state index contributed by atoms with van der Waals surface area (Å²) in [5.41, 5.74) is 2.17. The number of hydrogen-bond donors (Lipinski definition) is 0. The largest absolute Gasteiger partial charge is 0.510 e. The van der Waals surface area contributed by atoms with Gasteiger partial charge in [0.15, 0.2) is 0 Å². The van der Waals surface area contributed by atoms with Crippen LogP contribution in [-0.4, -0.2) is 39.0 Å². The maximum atomic E-state index is 12.3. The average molecular weight is 421 g/mol. The van der Waals surface area contributed by atoms with Gasteiger partial charge in [0.05, 0.1) is 7.11 Å². The van der Waals surface area contributed by atoms with Gasteiger partial charge in [-0.3, -0.25) is 4.79 Å². The van der Waals surface area contributed by atoms with Crippen LogP contribution in [-0.2, 0) is 49.2 Å². The molecule has 2 aromatic rings. The van der Waals surface area contributed by atoms with E-state index in [1.165, 1.54) is 16.6 Å². The van der Waals surface area contributed by atoms with Crippen LogP contribution in [0.1, 0.15) is 34.6 Å². The number of aryl methyl sites for hydroxylation is 2. The van der Waals surface area contributed by atoms with Gasteiger partial charge >= 0.3 is 6.16 Å². The number of hydrogen-bond acceptors (Lipinski definition) is 6. The fraction of sp³-hybridized carbons (Fsp3) is 0.400. The molecule has 1 amide bonds. The summed E-state index contributed by atoms with van der Waals surface area (Å²) in [6.45, 7) is 5.27. The van der Waals surface area contributed by atoms with Crippen LogP contribution >= 0.6 is 0 Å². The van der Waals surface area contributed by atoms with Crippen LogP contribution in [0.5, 0.6) is 0 Å². The Morgan fingerprint density at radius 2 is 2.00 bits per heavy atom. The van der Waals surface area contributed by atoms with Gasteiger partial charge in [-0.1, -0.05) is 24.5 Å². The topological polar surface area (TPSA) is 101 Å². The molecule has 1 aromatic heterocycles. The number of carbonyl (C=O) groups is 2. The molecule has 0 fully saturated rings. The summed E-state index contributed by atoms with van der Waals surface area (Å²) < 4.78 is 10.8. The van der Waals surface area contributed by atoms with Crippen molar-refractivity contribution in [2.24, 2.45) is 12.0 Å². The molecule has 0 spiro atoms. The SMILES string of the molecule is COC(=O)OC(C)n1nnc(=NC(=O)c2ccc(C)[c-]c2C)n1C.[Y]. The summed E-state index contributed by atoms with van der Waals surface area (Å²) in [6.07, 6.45) is -1.62. The molecule has 1 heterocycles. The molecule has 10 heteroatoms. The first-order valence-electron chi connectivity index (χ1n) is 7.15. The van der Waals surface area contributed by atoms with E-state index in [1.54, 1.807) is 33.0 Å². The second kappa shape index (κ2) is 9.00. The first kappa shape index (κ1) is 21.2. The second-order valence-corrected chi connectivity index (χ2v) is 5.10. The molecule has 0 aliphatic rings. The van der Waals surface area contributed by atoms with Crippen LogP contribution in [0.15, 0.2) is 17.1 Å². The quantitative estimate of drug-likeness (QED) is 0.543. The molecule has 2 rings (SSSR count). The molecule has 131 valence electrons. The second-order valence-electron chi connectivity index (χ2n) is 5.10. The van der Waals surface area contributed by atoms with Crippen molar-refractivity contribution in [3.8, 4) is 0 Å². The number of methoxy groups -OCH3 is 1. The van der Waals surface area contributed by atoms with Crippen LogP contribution in [0.25, 0.3) is 0 Å². The van der Waals surface area contributed by atoms with Crippen molar-refractivity contribution in [1.82, 2.24) is 19.8 Å². The molecular weight excluding hydrogens is 403 g/mol. The molecule has 0 saturated carbocycles. The third-order valence-electron chi connectivity index (χ3n) is 3.30. The van der Waals surface area contributed by atoms with E-state index in [9.17, 15) is 9.59 Å². The fourth-order valence-corrected chi connectivity index (χ4v) is 2.07. The number of ether oxygens (including phenoxy) is 2. The van der Waals surface area contributed by atoms with Crippen molar-refractivity contribution < 1.29 is 51.8 Å². The normalized spacial score (nSPS) is 12.3. The van der Waals surface area contributed by atoms with E-state index in [4.69, 9.17) is 4.74 Å². The molecule has 0 aliphatic heterocycles. The number of aromatic nitrogens is 4. The first-order chi connectivity index (χ1) is 11.3. The number of amides is 1. The molecule has 9 nitrogen and oxygen atoms in total. The van der Waals surface area contributed by atoms with Crippen LogP contribution in [0.4, 0.5) is 4.79 Å². The zero-order valence-electron chi connectivity index (χ0n) is 14.7. The minimum Gasteiger partial charge on any atom is -0.438 e. The van der Waals surface area contributed by atoms with Gasteiger partial charge in [-0.15, -0.1) is 4.80 Å². The molecule has 25 heavy (non-hydrogen) atoms. The van der Waals surface area contributed by atoms with Gasteiger partial charge in [0.25, 0.3) is 5.62 Å². The van der Waals surface area contributed by atoms with E-state index in [1.807, 2.05) is 6.92 Å². The zero-order chi connectivity index (χ0) is 17.9. The molecular formula is C15H18N5O4Y-. The van der Waals surface area contributed by atoms with E-state index >= 15 is 0 Å². The van der Waals surface area contributed by atoms with Gasteiger partial charge in [-0.2, -0.15) is 34.3 Å². The molecule has 1 radical (unpaired) electrons. The average Bonchev–Trinajstić information content (AvgIpc) is 2.88. The van der Waals surface area contributed by atoms with Crippen molar-refractivity contribution in [3.63, 3.8) is 0 Å². The van der Waals surface area contributed by atoms with Crippen molar-refractivity contribution >= 4 is 12.1 Å². The van der Waals surface area contributed by atoms with Crippen molar-refractivity contribution in [3.05, 3.63) is 40.5 Å². The van der Waals surface area contributed by atoms with Gasteiger partial charge < -0.3 is 9.47 Å². The number of nitrogens with zero attached hydrogens (tertiary/aromatic N) is 5. The van der Waals surface area contributed by atoms with E-state index < -0.39 is 18.3 Å². The fourth-order valence-electron chi connectivity index (χ4n) is 2.07. The van der Waals surface area contributed by atoms with Crippen molar-refractivity contribution in [2.45, 2.75) is 27.0 Å². The molecule has 0 bridgehead atoms. The molecule has 0 N–H and O–H groups in total. The Kier molecular flexibility index (Phi) is 7.63. The van der Waals surface area contributed by atoms with E-state index in [-0.39, 0.29) is 38.3 Å². The van der Waals surface area contributed by atoms with Gasteiger partial charge in [0.2, 0.25) is 12.1 Å². The number of tetrazole rings is 1. The third kappa shape index (κ3) is 5.05. The van der Waals surface area contributed by atoms with Crippen LogP contribution in [0, 0.1) is 19.9 Å². The van der Waals surface area contributed by atoms with E-state index in [2.05, 4.69) is 26.1 Å². The third-order valence-corrected chi connectivity index (χ3v) is 3.30. The predicted molar refractivity (Wildman–Crippen MR) is 81.8 cm³/mol. The standard InChI is InChI=1S/C15H18N5O4.Y/c1-9-6-7-12(10(2)8-9)13(21)16-14-17-18-20(19(14)4)11(3)24-15(22)23-5;/h6-7,11H,1-5H3;/q-1;. The minimum atomic E-state index is -0.849. The van der Waals surface area contributed by atoms with Gasteiger partial charge in [-0.25, -0.2) is 9.48 Å². The van der Waals surface area contributed by atoms with Crippen molar-refractivity contribution in [1.29, 1.82) is 0 Å². The summed E-state index contributed by atoms with van der Waals surface area (Å²) >= 11 is 0. The summed E-state index contributed by atoms with van der Waals surface area (Å²) in [7, 11) is 2.80. The van der Waals surface area contributed by atoms with Crippen LogP contribution in [0.2, 0.25) is 0 Å². The predicted octanol–water partition coefficient (Wildman–Crippen LogP) is 1.07. The van der Waals surface area contributed by atoms with Crippen molar-refractivity contribution in [2.75, 3.05) is 7.11 Å². The number of rotatable bonds is 3. The first-order valence-corrected chi connectivity index (χ1v) is 7.15. The van der Waals surface area contributed by atoms with Gasteiger partial charge in [0, 0.05) is 39.8 Å². The monoisotopic (exact) mass is 421 g/mol. The van der Waals surface area contributed by atoms with E-state index in [0.717, 1.165) is 5.56 Å². The molecule has 1 unspecified atom stereocenters. The number of carbonyl (C=O) groups excluding carboxylic acids is 2. The molecule has 1 aromatic carbocycles. The van der Waals surface area contributed by atoms with Gasteiger partial charge in [0.1, 0.15) is 0 Å². The summed E-state index contributed by atoms with van der Waals surface area (Å²) in [4.78, 5) is 28.7. The Morgan fingerprint density at radius 1 is 1.32 bits per heavy atom. The smallest absolute Gasteiger partial charge is 0.438 e. The van der Waals surface area contributed by atoms with Crippen LogP contribution < -0.4 is 5.62 Å². The minimum absolute atomic E-state index is 0. The summed E-state index contributed by atoms with van der Waals surface area (Å²) in [6, 6.07) is 6.56. The maximum Gasteiger partial charge on any atom is 0.510 e. The Morgan fingerprint density at radius 3 is 2.60 bits per heavy atom. The Labute approximate surface area is 169 Å². The zero-order valence-corrected chi connectivity index (χ0v) is 17.5. The number of benzene rings is 1. The Balaban J connectivity index is 0.00000312. The van der Waals surface area contributed by atoms with Gasteiger partial charge in [-0.05, 0) is 12.1 Å². The summed E-state index contributed by atoms with van der Waals surface area (Å²) in [5, 5.41) is 7.66. The Bertz CT molecular complexity index is 843. The van der Waals surface area contributed by atoms with E-state index in [0.29, 0.717) is 11.1 Å². The van der Waals surface area contributed by atoms with Crippen LogP contribution in [0.3, 0.4) is 0 Å². The summed E-state index contributed by atoms with van der Waals surface area (Å²) in [5.74, 6) is -0.451. The molecule has 1 atom stereocenters. The molecule has 0 aliphatic carbocycles. The Hall–Kier alpha value is -1.87. The molecule has 0 saturated heterocycles.